The minimum Gasteiger partial charge on any atom is -0.480 e. The summed E-state index contributed by atoms with van der Waals surface area (Å²) in [6, 6.07) is 4.31. The number of nitrogens with one attached hydrogen (secondary N) is 3. The van der Waals surface area contributed by atoms with Crippen LogP contribution in [0.15, 0.2) is 30.6 Å². The molecule has 9 nitrogen and oxygen atoms in total. The number of nitrogens with zero attached hydrogens (tertiary/aromatic N) is 4. The molecule has 3 heterocycles. The van der Waals surface area contributed by atoms with Gasteiger partial charge in [0.1, 0.15) is 29.1 Å². The van der Waals surface area contributed by atoms with Crippen LogP contribution < -0.4 is 20.7 Å². The molecule has 0 spiro atoms. The van der Waals surface area contributed by atoms with Gasteiger partial charge in [0, 0.05) is 25.7 Å². The van der Waals surface area contributed by atoms with Crippen molar-refractivity contribution in [2.45, 2.75) is 18.6 Å². The molecule has 140 valence electrons. The minimum atomic E-state index is -2.67. The lowest BCUT2D eigenvalue weighted by atomic mass is 10.3. The van der Waals surface area contributed by atoms with E-state index in [1.807, 2.05) is 0 Å². The van der Waals surface area contributed by atoms with E-state index in [-0.39, 0.29) is 22.8 Å². The van der Waals surface area contributed by atoms with Crippen LogP contribution in [0.2, 0.25) is 0 Å². The zero-order valence-corrected chi connectivity index (χ0v) is 14.2. The Hall–Kier alpha value is -3.43. The van der Waals surface area contributed by atoms with Gasteiger partial charge in [0.2, 0.25) is 5.88 Å². The molecule has 0 saturated heterocycles. The van der Waals surface area contributed by atoms with Gasteiger partial charge in [-0.3, -0.25) is 4.79 Å². The van der Waals surface area contributed by atoms with Gasteiger partial charge in [0.15, 0.2) is 5.65 Å². The SMILES string of the molecule is [2H]C([2H])([2H])Oc1ncccc1Nc1cc(NC)n2ncc(C(=O)N[C@H]3C[C@H]3F)c2n1. The third kappa shape index (κ3) is 3.21. The highest BCUT2D eigenvalue weighted by Crippen LogP contribution is 2.28. The van der Waals surface area contributed by atoms with Gasteiger partial charge in [-0.05, 0) is 12.1 Å². The molecule has 1 saturated carbocycles. The summed E-state index contributed by atoms with van der Waals surface area (Å²) in [5.74, 6) is 0.201. The quantitative estimate of drug-likeness (QED) is 0.604. The first-order valence-corrected chi connectivity index (χ1v) is 8.17. The summed E-state index contributed by atoms with van der Waals surface area (Å²) >= 11 is 0. The van der Waals surface area contributed by atoms with Crippen LogP contribution in [0.3, 0.4) is 0 Å². The van der Waals surface area contributed by atoms with Gasteiger partial charge in [-0.2, -0.15) is 9.61 Å². The van der Waals surface area contributed by atoms with Crippen LogP contribution in [0.1, 0.15) is 20.9 Å². The predicted octanol–water partition coefficient (Wildman–Crippen LogP) is 1.76. The molecule has 1 aliphatic rings. The van der Waals surface area contributed by atoms with E-state index in [0.29, 0.717) is 18.1 Å². The Labute approximate surface area is 158 Å². The lowest BCUT2D eigenvalue weighted by Crippen LogP contribution is -2.27. The molecule has 1 amide bonds. The zero-order chi connectivity index (χ0) is 21.5. The van der Waals surface area contributed by atoms with Crippen LogP contribution in [0.25, 0.3) is 5.65 Å². The highest BCUT2D eigenvalue weighted by Gasteiger charge is 2.39. The summed E-state index contributed by atoms with van der Waals surface area (Å²) in [4.78, 5) is 20.8. The fourth-order valence-corrected chi connectivity index (χ4v) is 2.63. The van der Waals surface area contributed by atoms with E-state index < -0.39 is 25.2 Å². The van der Waals surface area contributed by atoms with Crippen molar-refractivity contribution < 1.29 is 18.0 Å². The maximum Gasteiger partial charge on any atom is 0.257 e. The number of fused-ring (bicyclic) bond motifs is 1. The maximum absolute atomic E-state index is 13.1. The van der Waals surface area contributed by atoms with E-state index in [1.54, 1.807) is 25.2 Å². The second kappa shape index (κ2) is 6.71. The van der Waals surface area contributed by atoms with Gasteiger partial charge in [-0.15, -0.1) is 0 Å². The Balaban J connectivity index is 1.68. The average Bonchev–Trinajstić information content (AvgIpc) is 3.20. The fourth-order valence-electron chi connectivity index (χ4n) is 2.63. The van der Waals surface area contributed by atoms with E-state index >= 15 is 0 Å². The first-order valence-electron chi connectivity index (χ1n) is 9.67. The second-order valence-electron chi connectivity index (χ2n) is 5.99. The summed E-state index contributed by atoms with van der Waals surface area (Å²) < 4.78 is 41.3. The number of aromatic nitrogens is 4. The number of halogens is 1. The predicted molar refractivity (Wildman–Crippen MR) is 97.4 cm³/mol. The minimum absolute atomic E-state index is 0.126. The molecule has 10 heteroatoms. The second-order valence-corrected chi connectivity index (χ2v) is 5.99. The van der Waals surface area contributed by atoms with Crippen LogP contribution in [0, 0.1) is 0 Å². The molecular weight excluding hydrogens is 353 g/mol. The molecule has 1 fully saturated rings. The Morgan fingerprint density at radius 1 is 1.52 bits per heavy atom. The number of methoxy groups -OCH3 is 1. The number of ether oxygens (including phenoxy) is 1. The maximum atomic E-state index is 13.1. The Kier molecular flexibility index (Phi) is 3.41. The summed E-state index contributed by atoms with van der Waals surface area (Å²) in [6.45, 7) is 0. The molecule has 3 aromatic rings. The van der Waals surface area contributed by atoms with Crippen molar-refractivity contribution in [1.82, 2.24) is 24.9 Å². The molecule has 0 bridgehead atoms. The number of hydrogen-bond acceptors (Lipinski definition) is 7. The molecule has 3 N–H and O–H groups in total. The average molecular weight is 374 g/mol. The van der Waals surface area contributed by atoms with Crippen LogP contribution in [-0.4, -0.2) is 51.8 Å². The van der Waals surface area contributed by atoms with Crippen molar-refractivity contribution in [3.8, 4) is 5.88 Å². The van der Waals surface area contributed by atoms with E-state index in [4.69, 9.17) is 8.85 Å². The number of carbonyl (C=O) groups is 1. The third-order valence-corrected chi connectivity index (χ3v) is 4.13. The Bertz CT molecular complexity index is 1100. The van der Waals surface area contributed by atoms with E-state index in [9.17, 15) is 9.18 Å². The van der Waals surface area contributed by atoms with Crippen molar-refractivity contribution in [2.24, 2.45) is 0 Å². The Morgan fingerprint density at radius 2 is 2.37 bits per heavy atom. The van der Waals surface area contributed by atoms with E-state index in [0.717, 1.165) is 0 Å². The first-order chi connectivity index (χ1) is 14.2. The van der Waals surface area contributed by atoms with Gasteiger partial charge in [0.25, 0.3) is 5.91 Å². The highest BCUT2D eigenvalue weighted by atomic mass is 19.1. The van der Waals surface area contributed by atoms with E-state index in [2.05, 4.69) is 31.0 Å². The van der Waals surface area contributed by atoms with Crippen LogP contribution >= 0.6 is 0 Å². The number of anilines is 3. The highest BCUT2D eigenvalue weighted by molar-refractivity contribution is 6.00. The molecule has 1 aliphatic carbocycles. The van der Waals surface area contributed by atoms with Gasteiger partial charge in [0.05, 0.1) is 23.4 Å². The summed E-state index contributed by atoms with van der Waals surface area (Å²) in [5, 5.41) is 12.7. The zero-order valence-electron chi connectivity index (χ0n) is 17.2. The van der Waals surface area contributed by atoms with Crippen molar-refractivity contribution >= 4 is 28.9 Å². The van der Waals surface area contributed by atoms with Gasteiger partial charge in [-0.1, -0.05) is 0 Å². The topological polar surface area (TPSA) is 105 Å². The summed E-state index contributed by atoms with van der Waals surface area (Å²) in [7, 11) is -1.00. The molecular formula is C17H18FN7O2. The normalized spacial score (nSPS) is 20.3. The van der Waals surface area contributed by atoms with Gasteiger partial charge >= 0.3 is 0 Å². The van der Waals surface area contributed by atoms with Crippen LogP contribution in [0.4, 0.5) is 21.7 Å². The number of pyridine rings is 1. The summed E-state index contributed by atoms with van der Waals surface area (Å²) in [6.07, 6.45) is 2.01. The molecule has 0 radical (unpaired) electrons. The van der Waals surface area contributed by atoms with Crippen molar-refractivity contribution in [2.75, 3.05) is 24.7 Å². The van der Waals surface area contributed by atoms with Crippen molar-refractivity contribution in [1.29, 1.82) is 0 Å². The lowest BCUT2D eigenvalue weighted by Gasteiger charge is -2.12. The smallest absolute Gasteiger partial charge is 0.257 e. The molecule has 0 unspecified atom stereocenters. The first kappa shape index (κ1) is 13.7. The molecule has 27 heavy (non-hydrogen) atoms. The molecule has 2 atom stereocenters. The summed E-state index contributed by atoms with van der Waals surface area (Å²) in [5.41, 5.74) is 0.691. The number of alkyl halides is 1. The number of rotatable bonds is 6. The standard InChI is InChI=1S/C17H18FN7O2/c1-19-14-7-13(22-11-4-3-5-20-17(11)27-2)24-15-9(8-21-25(14)15)16(26)23-12-6-10(12)18/h3-5,7-8,10,12,19H,6H2,1-2H3,(H,22,24)(H,23,26)/t10-,12+/m1/s1/i2D3. The number of amides is 1. The molecule has 0 aromatic carbocycles. The number of hydrogen-bond donors (Lipinski definition) is 3. The largest absolute Gasteiger partial charge is 0.480 e. The fraction of sp³-hybridized carbons (Fsp3) is 0.294. The monoisotopic (exact) mass is 374 g/mol. The van der Waals surface area contributed by atoms with Crippen molar-refractivity contribution in [3.05, 3.63) is 36.2 Å². The van der Waals surface area contributed by atoms with E-state index in [1.165, 1.54) is 16.9 Å². The van der Waals surface area contributed by atoms with Crippen molar-refractivity contribution in [3.63, 3.8) is 0 Å². The third-order valence-electron chi connectivity index (χ3n) is 4.13. The molecule has 0 aliphatic heterocycles. The van der Waals surface area contributed by atoms with Gasteiger partial charge < -0.3 is 20.7 Å². The Morgan fingerprint density at radius 3 is 3.11 bits per heavy atom. The molecule has 4 rings (SSSR count). The number of carbonyl (C=O) groups excluding carboxylic acids is 1. The van der Waals surface area contributed by atoms with Gasteiger partial charge in [-0.25, -0.2) is 14.4 Å². The van der Waals surface area contributed by atoms with Crippen LogP contribution in [-0.2, 0) is 0 Å². The lowest BCUT2D eigenvalue weighted by molar-refractivity contribution is 0.0949. The van der Waals surface area contributed by atoms with Crippen LogP contribution in [0.5, 0.6) is 5.88 Å². The molecule has 3 aromatic heterocycles.